The van der Waals surface area contributed by atoms with Crippen LogP contribution in [-0.4, -0.2) is 37.3 Å². The molecule has 0 aliphatic carbocycles. The number of hydrogen-bond acceptors (Lipinski definition) is 6. The molecule has 6 nitrogen and oxygen atoms in total. The Hall–Kier alpha value is -2.84. The van der Waals surface area contributed by atoms with Gasteiger partial charge in [0.05, 0.1) is 47.7 Å². The Kier molecular flexibility index (Phi) is 15.3. The number of anilines is 2. The molecule has 246 valence electrons. The molecule has 0 amide bonds. The summed E-state index contributed by atoms with van der Waals surface area (Å²) >= 11 is 12.5. The molecule has 0 saturated carbocycles. The average Bonchev–Trinajstić information content (AvgIpc) is 3.00. The molecule has 0 radical (unpaired) electrons. The number of nitrogens with one attached hydrogen (secondary N) is 2. The van der Waals surface area contributed by atoms with Crippen molar-refractivity contribution in [2.75, 3.05) is 37.9 Å². The average molecular weight is 745 g/mol. The maximum absolute atomic E-state index is 6.27. The van der Waals surface area contributed by atoms with Crippen molar-refractivity contribution in [3.05, 3.63) is 82.8 Å². The molecule has 0 aliphatic rings. The molecule has 4 aromatic carbocycles. The Morgan fingerprint density at radius 2 is 0.913 bits per heavy atom. The molecule has 46 heavy (non-hydrogen) atoms. The third kappa shape index (κ3) is 8.54. The number of methoxy groups -OCH3 is 2. The van der Waals surface area contributed by atoms with Gasteiger partial charge in [-0.1, -0.05) is 36.0 Å². The highest BCUT2D eigenvalue weighted by Crippen LogP contribution is 2.35. The van der Waals surface area contributed by atoms with Crippen LogP contribution in [0.4, 0.5) is 11.4 Å². The Morgan fingerprint density at radius 3 is 1.30 bits per heavy atom. The smallest absolute Gasteiger partial charge is 0.119 e. The fourth-order valence-corrected chi connectivity index (χ4v) is 5.79. The lowest BCUT2D eigenvalue weighted by atomic mass is 10.1. The lowest BCUT2D eigenvalue weighted by molar-refractivity contribution is 0.415. The molecule has 0 atom stereocenters. The van der Waals surface area contributed by atoms with E-state index in [0.717, 1.165) is 105 Å². The van der Waals surface area contributed by atoms with Crippen LogP contribution in [0.15, 0.2) is 72.8 Å². The van der Waals surface area contributed by atoms with Crippen molar-refractivity contribution in [1.29, 1.82) is 0 Å². The van der Waals surface area contributed by atoms with E-state index in [0.29, 0.717) is 10.0 Å². The molecule has 12 heteroatoms. The van der Waals surface area contributed by atoms with Crippen LogP contribution >= 0.6 is 72.8 Å². The van der Waals surface area contributed by atoms with E-state index < -0.39 is 0 Å². The summed E-state index contributed by atoms with van der Waals surface area (Å²) in [5, 5.41) is 12.9. The predicted octanol–water partition coefficient (Wildman–Crippen LogP) is 11.2. The second-order valence-electron chi connectivity index (χ2n) is 10.3. The summed E-state index contributed by atoms with van der Waals surface area (Å²) in [7, 11) is 3.37. The monoisotopic (exact) mass is 742 g/mol. The molecule has 6 aromatic rings. The number of ether oxygens (including phenoxy) is 2. The molecule has 0 bridgehead atoms. The van der Waals surface area contributed by atoms with Crippen molar-refractivity contribution in [1.82, 2.24) is 9.97 Å². The van der Waals surface area contributed by atoms with Crippen LogP contribution in [0.5, 0.6) is 11.5 Å². The fourth-order valence-electron chi connectivity index (χ4n) is 5.46. The minimum Gasteiger partial charge on any atom is -0.497 e. The number of halogens is 6. The van der Waals surface area contributed by atoms with Crippen molar-refractivity contribution in [2.45, 2.75) is 25.7 Å². The molecule has 0 saturated heterocycles. The standard InChI is InChI=1S/C34H32Cl2N4O2.4ClH/c1-41-23-9-13-29-27(19-23)33(25-11-7-21(35)17-31(25)39-29)37-15-5-3-4-6-16-38-34-26-12-8-22(36)18-32(26)40-30-14-10-24(42-2)20-28(30)34;;;;/h7-14,17-20H,3-6,15-16H2,1-2H3,(H,37,39)(H,38,40);4*1H. The molecule has 0 fully saturated rings. The first-order chi connectivity index (χ1) is 20.5. The Labute approximate surface area is 303 Å². The Balaban J connectivity index is 0.00000184. The summed E-state index contributed by atoms with van der Waals surface area (Å²) < 4.78 is 11.0. The van der Waals surface area contributed by atoms with E-state index in [4.69, 9.17) is 42.6 Å². The van der Waals surface area contributed by atoms with Gasteiger partial charge >= 0.3 is 0 Å². The Morgan fingerprint density at radius 1 is 0.500 bits per heavy atom. The lowest BCUT2D eigenvalue weighted by Crippen LogP contribution is -2.05. The Bertz CT molecular complexity index is 1790. The van der Waals surface area contributed by atoms with Gasteiger partial charge in [-0.15, -0.1) is 49.6 Å². The van der Waals surface area contributed by atoms with Crippen LogP contribution in [0.25, 0.3) is 43.6 Å². The summed E-state index contributed by atoms with van der Waals surface area (Å²) in [6, 6.07) is 23.7. The number of benzene rings is 4. The molecule has 0 spiro atoms. The first-order valence-corrected chi connectivity index (χ1v) is 14.9. The van der Waals surface area contributed by atoms with Crippen molar-refractivity contribution >= 4 is 128 Å². The predicted molar refractivity (Wildman–Crippen MR) is 206 cm³/mol. The second kappa shape index (κ2) is 17.9. The van der Waals surface area contributed by atoms with Crippen LogP contribution in [0.1, 0.15) is 25.7 Å². The highest BCUT2D eigenvalue weighted by atomic mass is 35.5. The number of aromatic nitrogens is 2. The van der Waals surface area contributed by atoms with Gasteiger partial charge in [-0.25, -0.2) is 9.97 Å². The SMILES string of the molecule is COc1ccc2nc3cc(Cl)ccc3c(NCCCCCCNc3c4ccc(Cl)cc4nc4ccc(OC)cc34)c2c1.Cl.Cl.Cl.Cl. The van der Waals surface area contributed by atoms with E-state index in [-0.39, 0.29) is 49.6 Å². The number of rotatable bonds is 11. The van der Waals surface area contributed by atoms with Crippen molar-refractivity contribution < 1.29 is 9.47 Å². The minimum absolute atomic E-state index is 0. The second-order valence-corrected chi connectivity index (χ2v) is 11.2. The van der Waals surface area contributed by atoms with Gasteiger partial charge in [0.15, 0.2) is 0 Å². The van der Waals surface area contributed by atoms with Gasteiger partial charge in [-0.3, -0.25) is 0 Å². The number of pyridine rings is 2. The molecule has 2 heterocycles. The minimum atomic E-state index is 0. The lowest BCUT2D eigenvalue weighted by Gasteiger charge is -2.15. The first-order valence-electron chi connectivity index (χ1n) is 14.2. The third-order valence-electron chi connectivity index (χ3n) is 7.59. The van der Waals surface area contributed by atoms with E-state index in [9.17, 15) is 0 Å². The summed E-state index contributed by atoms with van der Waals surface area (Å²) in [5.41, 5.74) is 5.72. The van der Waals surface area contributed by atoms with E-state index in [1.807, 2.05) is 72.8 Å². The molecule has 0 unspecified atom stereocenters. The number of hydrogen-bond donors (Lipinski definition) is 2. The van der Waals surface area contributed by atoms with Crippen LogP contribution in [0.3, 0.4) is 0 Å². The van der Waals surface area contributed by atoms with E-state index >= 15 is 0 Å². The van der Waals surface area contributed by atoms with Gasteiger partial charge in [0, 0.05) is 44.7 Å². The molecule has 2 aromatic heterocycles. The van der Waals surface area contributed by atoms with Crippen LogP contribution in [0, 0.1) is 0 Å². The van der Waals surface area contributed by atoms with Gasteiger partial charge in [0.25, 0.3) is 0 Å². The van der Waals surface area contributed by atoms with Crippen LogP contribution in [0.2, 0.25) is 10.0 Å². The summed E-state index contributed by atoms with van der Waals surface area (Å²) in [4.78, 5) is 9.65. The van der Waals surface area contributed by atoms with E-state index in [1.54, 1.807) is 14.2 Å². The number of nitrogens with zero attached hydrogens (tertiary/aromatic N) is 2. The number of fused-ring (bicyclic) bond motifs is 4. The quantitative estimate of drug-likeness (QED) is 0.102. The van der Waals surface area contributed by atoms with E-state index in [1.165, 1.54) is 0 Å². The zero-order valence-corrected chi connectivity index (χ0v) is 30.0. The van der Waals surface area contributed by atoms with Gasteiger partial charge in [0.1, 0.15) is 11.5 Å². The highest BCUT2D eigenvalue weighted by Gasteiger charge is 2.12. The zero-order valence-electron chi connectivity index (χ0n) is 25.3. The molecular weight excluding hydrogens is 709 g/mol. The number of unbranched alkanes of at least 4 members (excludes halogenated alkanes) is 3. The molecule has 6 rings (SSSR count). The maximum atomic E-state index is 6.27. The van der Waals surface area contributed by atoms with Gasteiger partial charge in [-0.2, -0.15) is 0 Å². The highest BCUT2D eigenvalue weighted by molar-refractivity contribution is 6.32. The van der Waals surface area contributed by atoms with Gasteiger partial charge in [-0.05, 0) is 85.6 Å². The van der Waals surface area contributed by atoms with Gasteiger partial charge in [0.2, 0.25) is 0 Å². The largest absolute Gasteiger partial charge is 0.497 e. The zero-order chi connectivity index (χ0) is 29.1. The molecule has 2 N–H and O–H groups in total. The van der Waals surface area contributed by atoms with Crippen molar-refractivity contribution in [2.24, 2.45) is 0 Å². The van der Waals surface area contributed by atoms with Crippen LogP contribution in [-0.2, 0) is 0 Å². The van der Waals surface area contributed by atoms with Crippen molar-refractivity contribution in [3.8, 4) is 11.5 Å². The third-order valence-corrected chi connectivity index (χ3v) is 8.06. The fraction of sp³-hybridized carbons (Fsp3) is 0.235. The van der Waals surface area contributed by atoms with E-state index in [2.05, 4.69) is 10.6 Å². The van der Waals surface area contributed by atoms with Gasteiger partial charge < -0.3 is 20.1 Å². The maximum Gasteiger partial charge on any atom is 0.119 e. The summed E-state index contributed by atoms with van der Waals surface area (Å²) in [5.74, 6) is 1.62. The van der Waals surface area contributed by atoms with Crippen LogP contribution < -0.4 is 20.1 Å². The van der Waals surface area contributed by atoms with Crippen molar-refractivity contribution in [3.63, 3.8) is 0 Å². The summed E-state index contributed by atoms with van der Waals surface area (Å²) in [6.07, 6.45) is 4.34. The topological polar surface area (TPSA) is 68.3 Å². The first kappa shape index (κ1) is 39.3. The molecular formula is C34H36Cl6N4O2. The summed E-state index contributed by atoms with van der Waals surface area (Å²) in [6.45, 7) is 1.73. The normalized spacial score (nSPS) is 10.4. The molecule has 0 aliphatic heterocycles.